The average molecular weight is 604 g/mol. The van der Waals surface area contributed by atoms with Crippen LogP contribution in [0.25, 0.3) is 10.8 Å². The summed E-state index contributed by atoms with van der Waals surface area (Å²) < 4.78 is 59.3. The Morgan fingerprint density at radius 1 is 0.953 bits per heavy atom. The standard InChI is InChI=1S/C29H25F4N3O7/c30-17-12-18(31)25(33)26(24(17)32)43-14-22(37)20(13-23(38)39)35-27(40)21-10-3-4-11-36(21)29(42)28(41)34-19-9-5-7-15-6-1-2-8-16(15)19/h1-2,5-9,12,20-21H,3-4,10-11,13-14H2,(H,34,41)(H,35,40)(H,38,39). The molecule has 14 heteroatoms. The molecule has 1 saturated heterocycles. The molecule has 2 atom stereocenters. The number of fused-ring (bicyclic) bond motifs is 1. The topological polar surface area (TPSA) is 142 Å². The lowest BCUT2D eigenvalue weighted by molar-refractivity contribution is -0.149. The van der Waals surface area contributed by atoms with E-state index in [1.807, 2.05) is 18.2 Å². The van der Waals surface area contributed by atoms with Crippen molar-refractivity contribution in [1.82, 2.24) is 10.2 Å². The van der Waals surface area contributed by atoms with Crippen molar-refractivity contribution in [3.8, 4) is 5.75 Å². The molecule has 1 heterocycles. The number of rotatable bonds is 9. The number of ketones is 1. The van der Waals surface area contributed by atoms with Gasteiger partial charge in [-0.05, 0) is 30.7 Å². The highest BCUT2D eigenvalue weighted by Crippen LogP contribution is 2.27. The molecule has 3 aromatic rings. The molecule has 4 rings (SSSR count). The summed E-state index contributed by atoms with van der Waals surface area (Å²) >= 11 is 0. The first-order valence-electron chi connectivity index (χ1n) is 13.1. The van der Waals surface area contributed by atoms with Gasteiger partial charge in [0.15, 0.2) is 23.2 Å². The van der Waals surface area contributed by atoms with Crippen LogP contribution in [0.3, 0.4) is 0 Å². The van der Waals surface area contributed by atoms with E-state index in [-0.39, 0.29) is 19.0 Å². The Morgan fingerprint density at radius 2 is 1.63 bits per heavy atom. The number of ether oxygens (including phenoxy) is 1. The summed E-state index contributed by atoms with van der Waals surface area (Å²) in [5, 5.41) is 15.5. The zero-order valence-corrected chi connectivity index (χ0v) is 22.4. The highest BCUT2D eigenvalue weighted by molar-refractivity contribution is 6.40. The number of halogens is 4. The number of hydrogen-bond acceptors (Lipinski definition) is 6. The molecular weight excluding hydrogens is 578 g/mol. The number of amides is 3. The van der Waals surface area contributed by atoms with Crippen molar-refractivity contribution in [3.05, 3.63) is 71.8 Å². The molecule has 1 fully saturated rings. The number of carboxylic acid groups (broad SMARTS) is 1. The minimum atomic E-state index is -1.91. The molecule has 0 bridgehead atoms. The predicted octanol–water partition coefficient (Wildman–Crippen LogP) is 3.32. The van der Waals surface area contributed by atoms with E-state index in [4.69, 9.17) is 0 Å². The summed E-state index contributed by atoms with van der Waals surface area (Å²) in [5.41, 5.74) is 0.368. The Morgan fingerprint density at radius 3 is 2.33 bits per heavy atom. The number of nitrogens with one attached hydrogen (secondary N) is 2. The molecule has 0 saturated carbocycles. The molecule has 10 nitrogen and oxygen atoms in total. The molecule has 0 aromatic heterocycles. The van der Waals surface area contributed by atoms with Gasteiger partial charge in [-0.1, -0.05) is 36.4 Å². The molecule has 3 N–H and O–H groups in total. The van der Waals surface area contributed by atoms with Crippen molar-refractivity contribution in [1.29, 1.82) is 0 Å². The van der Waals surface area contributed by atoms with Gasteiger partial charge in [0.25, 0.3) is 0 Å². The van der Waals surface area contributed by atoms with Crippen molar-refractivity contribution in [2.45, 2.75) is 37.8 Å². The van der Waals surface area contributed by atoms with Crippen LogP contribution < -0.4 is 15.4 Å². The van der Waals surface area contributed by atoms with Crippen molar-refractivity contribution in [2.24, 2.45) is 0 Å². The van der Waals surface area contributed by atoms with E-state index in [1.54, 1.807) is 24.3 Å². The van der Waals surface area contributed by atoms with Crippen molar-refractivity contribution >= 4 is 45.9 Å². The fraction of sp³-hybridized carbons (Fsp3) is 0.276. The second-order valence-corrected chi connectivity index (χ2v) is 9.70. The number of piperidine rings is 1. The second-order valence-electron chi connectivity index (χ2n) is 9.70. The summed E-state index contributed by atoms with van der Waals surface area (Å²) in [6.45, 7) is -1.24. The molecule has 0 aliphatic carbocycles. The Balaban J connectivity index is 1.46. The number of Topliss-reactive ketones (excluding diaryl/α,β-unsaturated/α-hetero) is 1. The number of carbonyl (C=O) groups excluding carboxylic acids is 4. The molecule has 1 aliphatic heterocycles. The predicted molar refractivity (Wildman–Crippen MR) is 143 cm³/mol. The van der Waals surface area contributed by atoms with Crippen LogP contribution in [0.4, 0.5) is 23.2 Å². The molecule has 3 amide bonds. The Labute approximate surface area is 241 Å². The van der Waals surface area contributed by atoms with Gasteiger partial charge in [0.2, 0.25) is 17.5 Å². The fourth-order valence-corrected chi connectivity index (χ4v) is 4.70. The third-order valence-corrected chi connectivity index (χ3v) is 6.81. The molecule has 226 valence electrons. The minimum Gasteiger partial charge on any atom is -0.481 e. The fourth-order valence-electron chi connectivity index (χ4n) is 4.70. The maximum absolute atomic E-state index is 13.9. The van der Waals surface area contributed by atoms with E-state index in [1.165, 1.54) is 0 Å². The first kappa shape index (κ1) is 30.9. The number of aliphatic carboxylic acids is 1. The number of carboxylic acids is 1. The van der Waals surface area contributed by atoms with E-state index in [0.717, 1.165) is 10.3 Å². The first-order valence-corrected chi connectivity index (χ1v) is 13.1. The normalized spacial score (nSPS) is 15.4. The average Bonchev–Trinajstić information content (AvgIpc) is 2.99. The maximum atomic E-state index is 13.9. The lowest BCUT2D eigenvalue weighted by Gasteiger charge is -2.34. The number of hydrogen-bond donors (Lipinski definition) is 3. The number of nitrogens with zero attached hydrogens (tertiary/aromatic N) is 1. The number of likely N-dealkylation sites (tertiary alicyclic amines) is 1. The van der Waals surface area contributed by atoms with Gasteiger partial charge >= 0.3 is 17.8 Å². The zero-order chi connectivity index (χ0) is 31.3. The number of carbonyl (C=O) groups is 5. The maximum Gasteiger partial charge on any atom is 0.313 e. The van der Waals surface area contributed by atoms with Gasteiger partial charge in [-0.2, -0.15) is 8.78 Å². The van der Waals surface area contributed by atoms with Gasteiger partial charge in [0, 0.05) is 23.7 Å². The van der Waals surface area contributed by atoms with Crippen LogP contribution in [0.2, 0.25) is 0 Å². The zero-order valence-electron chi connectivity index (χ0n) is 22.4. The van der Waals surface area contributed by atoms with E-state index < -0.39 is 83.6 Å². The molecule has 43 heavy (non-hydrogen) atoms. The molecule has 0 radical (unpaired) electrons. The van der Waals surface area contributed by atoms with Gasteiger partial charge in [-0.3, -0.25) is 24.0 Å². The van der Waals surface area contributed by atoms with Gasteiger partial charge in [0.05, 0.1) is 6.42 Å². The van der Waals surface area contributed by atoms with Crippen LogP contribution in [0.1, 0.15) is 25.7 Å². The van der Waals surface area contributed by atoms with E-state index >= 15 is 0 Å². The molecule has 3 aromatic carbocycles. The van der Waals surface area contributed by atoms with Gasteiger partial charge in [0.1, 0.15) is 18.7 Å². The highest BCUT2D eigenvalue weighted by atomic mass is 19.2. The summed E-state index contributed by atoms with van der Waals surface area (Å²) in [6, 6.07) is 9.13. The lowest BCUT2D eigenvalue weighted by Crippen LogP contribution is -2.57. The second kappa shape index (κ2) is 13.3. The molecule has 2 unspecified atom stereocenters. The Kier molecular flexibility index (Phi) is 9.58. The molecule has 0 spiro atoms. The number of benzene rings is 3. The minimum absolute atomic E-state index is 0.0181. The van der Waals surface area contributed by atoms with Crippen LogP contribution in [-0.2, 0) is 24.0 Å². The smallest absolute Gasteiger partial charge is 0.313 e. The number of anilines is 1. The highest BCUT2D eigenvalue weighted by Gasteiger charge is 2.37. The third kappa shape index (κ3) is 7.08. The van der Waals surface area contributed by atoms with Crippen LogP contribution in [0.5, 0.6) is 5.75 Å². The lowest BCUT2D eigenvalue weighted by atomic mass is 10.00. The van der Waals surface area contributed by atoms with E-state index in [9.17, 15) is 46.6 Å². The first-order chi connectivity index (χ1) is 20.5. The largest absolute Gasteiger partial charge is 0.481 e. The van der Waals surface area contributed by atoms with Crippen molar-refractivity contribution in [3.63, 3.8) is 0 Å². The Hall–Kier alpha value is -5.01. The van der Waals surface area contributed by atoms with Gasteiger partial charge in [-0.25, -0.2) is 8.78 Å². The Bertz CT molecular complexity index is 1570. The van der Waals surface area contributed by atoms with Crippen LogP contribution in [-0.4, -0.2) is 64.7 Å². The van der Waals surface area contributed by atoms with Crippen molar-refractivity contribution < 1.29 is 51.4 Å². The summed E-state index contributed by atoms with van der Waals surface area (Å²) in [7, 11) is 0. The van der Waals surface area contributed by atoms with E-state index in [0.29, 0.717) is 23.9 Å². The van der Waals surface area contributed by atoms with Gasteiger partial charge < -0.3 is 25.4 Å². The SMILES string of the molecule is O=C(O)CC(NC(=O)C1CCCCN1C(=O)C(=O)Nc1cccc2ccccc12)C(=O)COc1c(F)c(F)cc(F)c1F. The van der Waals surface area contributed by atoms with Gasteiger partial charge in [-0.15, -0.1) is 0 Å². The van der Waals surface area contributed by atoms with E-state index in [2.05, 4.69) is 15.4 Å². The third-order valence-electron chi connectivity index (χ3n) is 6.81. The summed E-state index contributed by atoms with van der Waals surface area (Å²) in [6.07, 6.45) is 0.0299. The van der Waals surface area contributed by atoms with Crippen LogP contribution >= 0.6 is 0 Å². The van der Waals surface area contributed by atoms with Crippen LogP contribution in [0.15, 0.2) is 48.5 Å². The van der Waals surface area contributed by atoms with Crippen LogP contribution in [0, 0.1) is 23.3 Å². The monoisotopic (exact) mass is 603 g/mol. The summed E-state index contributed by atoms with van der Waals surface area (Å²) in [5.74, 6) is -14.7. The quantitative estimate of drug-likeness (QED) is 0.194. The molecule has 1 aliphatic rings. The molecular formula is C29H25F4N3O7. The summed E-state index contributed by atoms with van der Waals surface area (Å²) in [4.78, 5) is 64.4. The van der Waals surface area contributed by atoms with Crippen molar-refractivity contribution in [2.75, 3.05) is 18.5 Å².